The smallest absolute Gasteiger partial charge is 0.326 e. The van der Waals surface area contributed by atoms with Crippen LogP contribution in [-0.4, -0.2) is 20.7 Å². The summed E-state index contributed by atoms with van der Waals surface area (Å²) in [6, 6.07) is 22.2. The maximum Gasteiger partial charge on any atom is 0.326 e. The number of carbonyl (C=O) groups excluding carboxylic acids is 1. The van der Waals surface area contributed by atoms with Crippen LogP contribution in [0.5, 0.6) is 0 Å². The Morgan fingerprint density at radius 1 is 0.938 bits per heavy atom. The van der Waals surface area contributed by atoms with Gasteiger partial charge in [-0.3, -0.25) is 9.59 Å². The summed E-state index contributed by atoms with van der Waals surface area (Å²) in [5.41, 5.74) is 3.24. The van der Waals surface area contributed by atoms with Gasteiger partial charge in [0.25, 0.3) is 5.89 Å². The van der Waals surface area contributed by atoms with Crippen LogP contribution < -0.4 is 5.43 Å². The summed E-state index contributed by atoms with van der Waals surface area (Å²) >= 11 is 0. The highest BCUT2D eigenvalue weighted by Crippen LogP contribution is 2.20. The van der Waals surface area contributed by atoms with Gasteiger partial charge in [-0.05, 0) is 31.2 Å². The van der Waals surface area contributed by atoms with Gasteiger partial charge in [0, 0.05) is 16.3 Å². The minimum Gasteiger partial charge on any atom is -0.454 e. The van der Waals surface area contributed by atoms with Crippen molar-refractivity contribution in [1.82, 2.24) is 14.7 Å². The first-order valence-corrected chi connectivity index (χ1v) is 10.2. The van der Waals surface area contributed by atoms with Gasteiger partial charge in [-0.1, -0.05) is 59.3 Å². The van der Waals surface area contributed by atoms with Gasteiger partial charge in [0.2, 0.25) is 5.82 Å². The molecule has 0 radical (unpaired) electrons. The van der Waals surface area contributed by atoms with Crippen molar-refractivity contribution in [3.05, 3.63) is 94.5 Å². The molecule has 0 saturated heterocycles. The second kappa shape index (κ2) is 8.11. The summed E-state index contributed by atoms with van der Waals surface area (Å²) in [6.45, 7) is 1.81. The standard InChI is InChI=1S/C25H19N3O4/c1-16-10-12-17(13-11-16)25-26-22(32-27-25)15-31-23(29)14-28-20-8-4-2-6-18(20)24(30)19-7-3-5-9-21(19)28/h2-13H,14-15H2,1H3. The molecule has 0 bridgehead atoms. The molecular weight excluding hydrogens is 406 g/mol. The highest BCUT2D eigenvalue weighted by atomic mass is 16.6. The van der Waals surface area contributed by atoms with E-state index in [4.69, 9.17) is 9.26 Å². The van der Waals surface area contributed by atoms with Gasteiger partial charge in [-0.15, -0.1) is 0 Å². The van der Waals surface area contributed by atoms with E-state index in [0.29, 0.717) is 27.6 Å². The Bertz CT molecular complexity index is 1440. The number of aryl methyl sites for hydroxylation is 1. The predicted octanol–water partition coefficient (Wildman–Crippen LogP) is 4.26. The number of esters is 1. The third-order valence-corrected chi connectivity index (χ3v) is 5.30. The Balaban J connectivity index is 1.37. The Kier molecular flexibility index (Phi) is 4.99. The quantitative estimate of drug-likeness (QED) is 0.309. The van der Waals surface area contributed by atoms with Crippen molar-refractivity contribution in [2.24, 2.45) is 0 Å². The van der Waals surface area contributed by atoms with E-state index in [2.05, 4.69) is 10.1 Å². The molecule has 3 aromatic carbocycles. The van der Waals surface area contributed by atoms with Crippen molar-refractivity contribution < 1.29 is 14.1 Å². The van der Waals surface area contributed by atoms with Gasteiger partial charge in [-0.25, -0.2) is 0 Å². The number of carbonyl (C=O) groups is 1. The molecule has 0 aliphatic heterocycles. The number of fused-ring (bicyclic) bond motifs is 2. The predicted molar refractivity (Wildman–Crippen MR) is 120 cm³/mol. The lowest BCUT2D eigenvalue weighted by Crippen LogP contribution is -2.18. The zero-order chi connectivity index (χ0) is 22.1. The van der Waals surface area contributed by atoms with E-state index >= 15 is 0 Å². The van der Waals surface area contributed by atoms with E-state index in [1.165, 1.54) is 0 Å². The van der Waals surface area contributed by atoms with E-state index in [0.717, 1.165) is 11.1 Å². The molecule has 2 aromatic heterocycles. The third kappa shape index (κ3) is 3.65. The topological polar surface area (TPSA) is 87.2 Å². The fourth-order valence-electron chi connectivity index (χ4n) is 3.70. The Hall–Kier alpha value is -4.26. The van der Waals surface area contributed by atoms with E-state index < -0.39 is 5.97 Å². The average molecular weight is 425 g/mol. The molecule has 32 heavy (non-hydrogen) atoms. The van der Waals surface area contributed by atoms with Gasteiger partial charge in [0.05, 0.1) is 11.0 Å². The summed E-state index contributed by atoms with van der Waals surface area (Å²) < 4.78 is 12.4. The van der Waals surface area contributed by atoms with Gasteiger partial charge in [-0.2, -0.15) is 4.98 Å². The van der Waals surface area contributed by atoms with Crippen LogP contribution in [0.3, 0.4) is 0 Å². The lowest BCUT2D eigenvalue weighted by molar-refractivity contribution is -0.146. The lowest BCUT2D eigenvalue weighted by Gasteiger charge is -2.14. The van der Waals surface area contributed by atoms with Crippen LogP contribution in [0.25, 0.3) is 33.2 Å². The fraction of sp³-hybridized carbons (Fsp3) is 0.120. The molecule has 7 heteroatoms. The van der Waals surface area contributed by atoms with Crippen molar-refractivity contribution in [2.45, 2.75) is 20.1 Å². The van der Waals surface area contributed by atoms with E-state index in [-0.39, 0.29) is 24.5 Å². The molecule has 0 amide bonds. The number of rotatable bonds is 5. The number of nitrogens with zero attached hydrogens (tertiary/aromatic N) is 3. The molecule has 0 saturated carbocycles. The molecule has 5 rings (SSSR count). The second-order valence-electron chi connectivity index (χ2n) is 7.49. The van der Waals surface area contributed by atoms with Crippen molar-refractivity contribution in [3.8, 4) is 11.4 Å². The molecule has 0 aliphatic carbocycles. The van der Waals surface area contributed by atoms with E-state index in [1.807, 2.05) is 67.6 Å². The molecule has 0 unspecified atom stereocenters. The minimum absolute atomic E-state index is 0.0553. The normalized spacial score (nSPS) is 11.2. The van der Waals surface area contributed by atoms with Crippen molar-refractivity contribution in [2.75, 3.05) is 0 Å². The van der Waals surface area contributed by atoms with Crippen LogP contribution in [0, 0.1) is 6.92 Å². The summed E-state index contributed by atoms with van der Waals surface area (Å²) in [5, 5.41) is 5.06. The van der Waals surface area contributed by atoms with Gasteiger partial charge >= 0.3 is 5.97 Å². The maximum atomic E-state index is 12.8. The molecule has 7 nitrogen and oxygen atoms in total. The van der Waals surface area contributed by atoms with E-state index in [1.54, 1.807) is 16.7 Å². The molecule has 2 heterocycles. The third-order valence-electron chi connectivity index (χ3n) is 5.30. The van der Waals surface area contributed by atoms with Crippen LogP contribution in [0.15, 0.2) is 82.1 Å². The number of ether oxygens (including phenoxy) is 1. The van der Waals surface area contributed by atoms with Crippen molar-refractivity contribution in [3.63, 3.8) is 0 Å². The van der Waals surface area contributed by atoms with Gasteiger partial charge < -0.3 is 13.8 Å². The summed E-state index contributed by atoms with van der Waals surface area (Å²) in [7, 11) is 0. The Morgan fingerprint density at radius 3 is 2.22 bits per heavy atom. The number of hydrogen-bond donors (Lipinski definition) is 0. The molecule has 0 spiro atoms. The van der Waals surface area contributed by atoms with Crippen LogP contribution in [0.4, 0.5) is 0 Å². The molecule has 0 N–H and O–H groups in total. The number of aromatic nitrogens is 3. The monoisotopic (exact) mass is 425 g/mol. The molecular formula is C25H19N3O4. The first-order valence-electron chi connectivity index (χ1n) is 10.2. The van der Waals surface area contributed by atoms with E-state index in [9.17, 15) is 9.59 Å². The first-order chi connectivity index (χ1) is 15.6. The number of hydrogen-bond acceptors (Lipinski definition) is 6. The Morgan fingerprint density at radius 2 is 1.56 bits per heavy atom. The highest BCUT2D eigenvalue weighted by Gasteiger charge is 2.15. The van der Waals surface area contributed by atoms with Gasteiger partial charge in [0.15, 0.2) is 12.0 Å². The van der Waals surface area contributed by atoms with Crippen LogP contribution in [-0.2, 0) is 22.7 Å². The number of benzene rings is 3. The molecule has 158 valence electrons. The van der Waals surface area contributed by atoms with Crippen LogP contribution >= 0.6 is 0 Å². The number of para-hydroxylation sites is 2. The largest absolute Gasteiger partial charge is 0.454 e. The van der Waals surface area contributed by atoms with Crippen molar-refractivity contribution in [1.29, 1.82) is 0 Å². The Labute approximate surface area is 182 Å². The maximum absolute atomic E-state index is 12.8. The summed E-state index contributed by atoms with van der Waals surface area (Å²) in [4.78, 5) is 29.8. The molecule has 0 fully saturated rings. The molecule has 0 aliphatic rings. The SMILES string of the molecule is Cc1ccc(-c2noc(COC(=O)Cn3c4ccccc4c(=O)c4ccccc43)n2)cc1. The zero-order valence-corrected chi connectivity index (χ0v) is 17.3. The first kappa shape index (κ1) is 19.7. The molecule has 5 aromatic rings. The summed E-state index contributed by atoms with van der Waals surface area (Å²) in [6.07, 6.45) is 0. The van der Waals surface area contributed by atoms with Gasteiger partial charge in [0.1, 0.15) is 6.54 Å². The van der Waals surface area contributed by atoms with Crippen LogP contribution in [0.2, 0.25) is 0 Å². The van der Waals surface area contributed by atoms with Crippen molar-refractivity contribution >= 4 is 27.8 Å². The highest BCUT2D eigenvalue weighted by molar-refractivity contribution is 5.94. The molecule has 0 atom stereocenters. The number of pyridine rings is 1. The lowest BCUT2D eigenvalue weighted by atomic mass is 10.1. The minimum atomic E-state index is -0.473. The van der Waals surface area contributed by atoms with Crippen LogP contribution in [0.1, 0.15) is 11.5 Å². The summed E-state index contributed by atoms with van der Waals surface area (Å²) in [5.74, 6) is 0.177. The zero-order valence-electron chi connectivity index (χ0n) is 17.3. The second-order valence-corrected chi connectivity index (χ2v) is 7.49. The average Bonchev–Trinajstić information content (AvgIpc) is 3.30. The fourth-order valence-corrected chi connectivity index (χ4v) is 3.70.